The van der Waals surface area contributed by atoms with Crippen LogP contribution in [0.4, 0.5) is 10.7 Å². The zero-order valence-corrected chi connectivity index (χ0v) is 25.0. The predicted molar refractivity (Wildman–Crippen MR) is 164 cm³/mol. The van der Waals surface area contributed by atoms with Crippen molar-refractivity contribution < 1.29 is 23.9 Å². The van der Waals surface area contributed by atoms with Crippen molar-refractivity contribution in [1.82, 2.24) is 0 Å². The molecule has 0 bridgehead atoms. The maximum atomic E-state index is 13.1. The third-order valence-corrected chi connectivity index (χ3v) is 7.52. The number of halogens is 1. The first kappa shape index (κ1) is 29.8. The highest BCUT2D eigenvalue weighted by Crippen LogP contribution is 2.37. The van der Waals surface area contributed by atoms with Crippen molar-refractivity contribution >= 4 is 51.4 Å². The Bertz CT molecular complexity index is 1560. The summed E-state index contributed by atoms with van der Waals surface area (Å²) in [5.41, 5.74) is 5.94. The average Bonchev–Trinajstić information content (AvgIpc) is 3.35. The molecule has 1 unspecified atom stereocenters. The summed E-state index contributed by atoms with van der Waals surface area (Å²) in [6.07, 6.45) is -0.765. The molecule has 2 amide bonds. The fraction of sp³-hybridized carbons (Fsp3) is 0.219. The Morgan fingerprint density at radius 1 is 0.927 bits per heavy atom. The molecule has 0 saturated carbocycles. The number of esters is 1. The van der Waals surface area contributed by atoms with E-state index in [4.69, 9.17) is 21.1 Å². The van der Waals surface area contributed by atoms with Crippen molar-refractivity contribution in [3.8, 4) is 16.9 Å². The highest BCUT2D eigenvalue weighted by molar-refractivity contribution is 7.15. The Labute approximate surface area is 248 Å². The molecular weight excluding hydrogens is 560 g/mol. The molecular formula is C32H31ClN2O5S. The molecule has 4 aromatic rings. The Morgan fingerprint density at radius 2 is 1.56 bits per heavy atom. The number of hydrogen-bond acceptors (Lipinski definition) is 6. The molecule has 212 valence electrons. The van der Waals surface area contributed by atoms with Gasteiger partial charge in [0, 0.05) is 27.2 Å². The number of ether oxygens (including phenoxy) is 2. The molecule has 41 heavy (non-hydrogen) atoms. The minimum absolute atomic E-state index is 0.199. The van der Waals surface area contributed by atoms with Crippen LogP contribution in [0.2, 0.25) is 5.02 Å². The minimum Gasteiger partial charge on any atom is -0.481 e. The van der Waals surface area contributed by atoms with Crippen molar-refractivity contribution in [3.63, 3.8) is 0 Å². The molecule has 7 nitrogen and oxygen atoms in total. The van der Waals surface area contributed by atoms with E-state index in [9.17, 15) is 14.4 Å². The van der Waals surface area contributed by atoms with E-state index in [0.29, 0.717) is 26.9 Å². The maximum absolute atomic E-state index is 13.1. The van der Waals surface area contributed by atoms with E-state index in [-0.39, 0.29) is 18.1 Å². The van der Waals surface area contributed by atoms with Gasteiger partial charge in [-0.05, 0) is 87.7 Å². The van der Waals surface area contributed by atoms with Crippen molar-refractivity contribution in [1.29, 1.82) is 0 Å². The Kier molecular flexibility index (Phi) is 9.47. The Hall–Kier alpha value is -4.14. The maximum Gasteiger partial charge on any atom is 0.341 e. The SMILES string of the molecule is CCOC(=O)c1c(-c2ccc(Cl)cc2)csc1NC(=O)c1ccc(OC(C)C(=O)Nc2c(C)cc(C)cc2C)cc1. The highest BCUT2D eigenvalue weighted by atomic mass is 35.5. The molecule has 0 aliphatic carbocycles. The average molecular weight is 591 g/mol. The molecule has 0 aliphatic rings. The van der Waals surface area contributed by atoms with Gasteiger partial charge in [0.25, 0.3) is 11.8 Å². The smallest absolute Gasteiger partial charge is 0.341 e. The normalized spacial score (nSPS) is 11.5. The molecule has 1 atom stereocenters. The van der Waals surface area contributed by atoms with E-state index in [1.807, 2.05) is 45.0 Å². The first-order valence-electron chi connectivity index (χ1n) is 13.1. The monoisotopic (exact) mass is 590 g/mol. The lowest BCUT2D eigenvalue weighted by Gasteiger charge is -2.18. The molecule has 2 N–H and O–H groups in total. The first-order valence-corrected chi connectivity index (χ1v) is 14.3. The van der Waals surface area contributed by atoms with Crippen LogP contribution in [0.15, 0.2) is 66.0 Å². The van der Waals surface area contributed by atoms with E-state index < -0.39 is 18.0 Å². The number of aryl methyl sites for hydroxylation is 3. The van der Waals surface area contributed by atoms with Crippen molar-refractivity contribution in [2.75, 3.05) is 17.2 Å². The fourth-order valence-corrected chi connectivity index (χ4v) is 5.50. The molecule has 0 saturated heterocycles. The second kappa shape index (κ2) is 13.0. The number of nitrogens with one attached hydrogen (secondary N) is 2. The molecule has 4 rings (SSSR count). The summed E-state index contributed by atoms with van der Waals surface area (Å²) in [5, 5.41) is 8.54. The number of thiophene rings is 1. The molecule has 1 heterocycles. The van der Waals surface area contributed by atoms with Gasteiger partial charge in [-0.25, -0.2) is 4.79 Å². The van der Waals surface area contributed by atoms with Crippen LogP contribution >= 0.6 is 22.9 Å². The number of hydrogen-bond donors (Lipinski definition) is 2. The van der Waals surface area contributed by atoms with Gasteiger partial charge in [-0.3, -0.25) is 9.59 Å². The summed E-state index contributed by atoms with van der Waals surface area (Å²) >= 11 is 7.26. The number of anilines is 2. The largest absolute Gasteiger partial charge is 0.481 e. The van der Waals surface area contributed by atoms with Gasteiger partial charge in [-0.15, -0.1) is 11.3 Å². The van der Waals surface area contributed by atoms with E-state index in [1.54, 1.807) is 55.6 Å². The second-order valence-electron chi connectivity index (χ2n) is 9.58. The van der Waals surface area contributed by atoms with Crippen LogP contribution in [0.5, 0.6) is 5.75 Å². The predicted octanol–water partition coefficient (Wildman–Crippen LogP) is 7.83. The van der Waals surface area contributed by atoms with E-state index in [1.165, 1.54) is 11.3 Å². The second-order valence-corrected chi connectivity index (χ2v) is 10.9. The molecule has 0 radical (unpaired) electrons. The van der Waals surface area contributed by atoms with Crippen molar-refractivity contribution in [3.05, 3.63) is 98.9 Å². The molecule has 0 fully saturated rings. The third kappa shape index (κ3) is 7.14. The first-order chi connectivity index (χ1) is 19.6. The molecule has 1 aromatic heterocycles. The van der Waals surface area contributed by atoms with Gasteiger partial charge in [0.15, 0.2) is 6.10 Å². The zero-order chi connectivity index (χ0) is 29.7. The summed E-state index contributed by atoms with van der Waals surface area (Å²) in [4.78, 5) is 38.7. The molecule has 3 aromatic carbocycles. The summed E-state index contributed by atoms with van der Waals surface area (Å²) in [7, 11) is 0. The standard InChI is InChI=1S/C32H31ClN2O5S/c1-6-39-32(38)27-26(22-7-11-24(33)12-8-22)17-41-31(27)35-30(37)23-9-13-25(14-10-23)40-21(5)29(36)34-28-19(3)15-18(2)16-20(28)4/h7-17,21H,6H2,1-5H3,(H,34,36)(H,35,37). The summed E-state index contributed by atoms with van der Waals surface area (Å²) in [5.74, 6) is -0.763. The van der Waals surface area contributed by atoms with Crippen LogP contribution < -0.4 is 15.4 Å². The lowest BCUT2D eigenvalue weighted by atomic mass is 10.0. The molecule has 0 spiro atoms. The Morgan fingerprint density at radius 3 is 2.17 bits per heavy atom. The van der Waals surface area contributed by atoms with Crippen LogP contribution in [-0.4, -0.2) is 30.5 Å². The van der Waals surface area contributed by atoms with E-state index >= 15 is 0 Å². The van der Waals surface area contributed by atoms with Crippen molar-refractivity contribution in [2.45, 2.75) is 40.7 Å². The van der Waals surface area contributed by atoms with Gasteiger partial charge < -0.3 is 20.1 Å². The van der Waals surface area contributed by atoms with Gasteiger partial charge in [0.2, 0.25) is 0 Å². The number of rotatable bonds is 9. The van der Waals surface area contributed by atoms with Crippen molar-refractivity contribution in [2.24, 2.45) is 0 Å². The summed E-state index contributed by atoms with van der Waals surface area (Å²) < 4.78 is 11.1. The molecule has 0 aliphatic heterocycles. The molecule has 9 heteroatoms. The van der Waals surface area contributed by atoms with Gasteiger partial charge in [-0.2, -0.15) is 0 Å². The number of carbonyl (C=O) groups is 3. The fourth-order valence-electron chi connectivity index (χ4n) is 4.42. The van der Waals surface area contributed by atoms with Crippen LogP contribution in [0.1, 0.15) is 51.3 Å². The van der Waals surface area contributed by atoms with Gasteiger partial charge in [0.1, 0.15) is 16.3 Å². The van der Waals surface area contributed by atoms with E-state index in [0.717, 1.165) is 27.9 Å². The number of benzene rings is 3. The Balaban J connectivity index is 1.45. The number of carbonyl (C=O) groups excluding carboxylic acids is 3. The van der Waals surface area contributed by atoms with Crippen LogP contribution in [0.25, 0.3) is 11.1 Å². The van der Waals surface area contributed by atoms with Gasteiger partial charge in [0.05, 0.1) is 6.61 Å². The third-order valence-electron chi connectivity index (χ3n) is 6.38. The summed E-state index contributed by atoms with van der Waals surface area (Å²) in [6.45, 7) is 9.51. The minimum atomic E-state index is -0.765. The lowest BCUT2D eigenvalue weighted by Crippen LogP contribution is -2.30. The van der Waals surface area contributed by atoms with Gasteiger partial charge in [-0.1, -0.05) is 41.4 Å². The lowest BCUT2D eigenvalue weighted by molar-refractivity contribution is -0.122. The zero-order valence-electron chi connectivity index (χ0n) is 23.5. The van der Waals surface area contributed by atoms with Crippen LogP contribution in [0, 0.1) is 20.8 Å². The van der Waals surface area contributed by atoms with Gasteiger partial charge >= 0.3 is 5.97 Å². The topological polar surface area (TPSA) is 93.7 Å². The van der Waals surface area contributed by atoms with Crippen LogP contribution in [-0.2, 0) is 9.53 Å². The summed E-state index contributed by atoms with van der Waals surface area (Å²) in [6, 6.07) is 17.6. The quantitative estimate of drug-likeness (QED) is 0.194. The number of amides is 2. The van der Waals surface area contributed by atoms with Crippen LogP contribution in [0.3, 0.4) is 0 Å². The highest BCUT2D eigenvalue weighted by Gasteiger charge is 2.23. The van der Waals surface area contributed by atoms with E-state index in [2.05, 4.69) is 10.6 Å².